The molecule has 4 aromatic rings. The van der Waals surface area contributed by atoms with Crippen LogP contribution in [0.4, 0.5) is 11.5 Å². The summed E-state index contributed by atoms with van der Waals surface area (Å²) in [4.78, 5) is 32.1. The number of ether oxygens (including phenoxy) is 1. The molecular weight excluding hydrogens is 486 g/mol. The molecule has 2 aromatic carbocycles. The van der Waals surface area contributed by atoms with Crippen molar-refractivity contribution in [2.75, 3.05) is 16.6 Å². The van der Waals surface area contributed by atoms with Crippen molar-refractivity contribution in [2.45, 2.75) is 25.7 Å². The number of sulfonamides is 1. The molecule has 0 fully saturated rings. The molecule has 3 N–H and O–H groups in total. The molecule has 186 valence electrons. The highest BCUT2D eigenvalue weighted by Crippen LogP contribution is 2.20. The van der Waals surface area contributed by atoms with Gasteiger partial charge < -0.3 is 19.6 Å². The van der Waals surface area contributed by atoms with Gasteiger partial charge in [0, 0.05) is 23.0 Å². The van der Waals surface area contributed by atoms with Gasteiger partial charge in [-0.05, 0) is 57.2 Å². The van der Waals surface area contributed by atoms with E-state index in [-0.39, 0.29) is 16.3 Å². The first kappa shape index (κ1) is 24.7. The molecule has 11 nitrogen and oxygen atoms in total. The maximum Gasteiger partial charge on any atom is 0.338 e. The van der Waals surface area contributed by atoms with Crippen molar-refractivity contribution in [1.29, 1.82) is 0 Å². The normalized spacial score (nSPS) is 11.2. The van der Waals surface area contributed by atoms with Crippen LogP contribution in [0.25, 0.3) is 11.4 Å². The van der Waals surface area contributed by atoms with Gasteiger partial charge in [0.2, 0.25) is 0 Å². The molecular formula is C24H23N5O6S. The van der Waals surface area contributed by atoms with Crippen molar-refractivity contribution < 1.29 is 27.3 Å². The van der Waals surface area contributed by atoms with Gasteiger partial charge in [-0.1, -0.05) is 17.3 Å². The lowest BCUT2D eigenvalue weighted by atomic mass is 10.1. The molecule has 12 heteroatoms. The van der Waals surface area contributed by atoms with Gasteiger partial charge in [0.05, 0.1) is 16.2 Å². The maximum atomic E-state index is 12.4. The lowest BCUT2D eigenvalue weighted by Crippen LogP contribution is -2.21. The van der Waals surface area contributed by atoms with Gasteiger partial charge in [-0.15, -0.1) is 0 Å². The third-order valence-electron chi connectivity index (χ3n) is 5.17. The van der Waals surface area contributed by atoms with Crippen LogP contribution < -0.4 is 10.0 Å². The van der Waals surface area contributed by atoms with E-state index in [9.17, 15) is 18.0 Å². The maximum absolute atomic E-state index is 12.4. The Labute approximate surface area is 206 Å². The van der Waals surface area contributed by atoms with E-state index in [0.717, 1.165) is 17.0 Å². The number of amides is 1. The summed E-state index contributed by atoms with van der Waals surface area (Å²) in [6.07, 6.45) is 0. The van der Waals surface area contributed by atoms with Crippen molar-refractivity contribution in [3.05, 3.63) is 77.3 Å². The number of benzene rings is 2. The fourth-order valence-electron chi connectivity index (χ4n) is 3.19. The van der Waals surface area contributed by atoms with Crippen LogP contribution in [0.1, 0.15) is 27.5 Å². The first-order valence-corrected chi connectivity index (χ1v) is 12.3. The number of carbonyl (C=O) groups excluding carboxylic acids is 2. The summed E-state index contributed by atoms with van der Waals surface area (Å²) < 4.78 is 37.1. The Morgan fingerprint density at radius 3 is 2.31 bits per heavy atom. The molecule has 0 bridgehead atoms. The van der Waals surface area contributed by atoms with E-state index in [0.29, 0.717) is 17.3 Å². The average Bonchev–Trinajstić information content (AvgIpc) is 3.41. The smallest absolute Gasteiger partial charge is 0.338 e. The summed E-state index contributed by atoms with van der Waals surface area (Å²) in [7, 11) is -3.88. The minimum atomic E-state index is -3.88. The van der Waals surface area contributed by atoms with Gasteiger partial charge in [0.1, 0.15) is 11.6 Å². The molecule has 0 radical (unpaired) electrons. The van der Waals surface area contributed by atoms with Gasteiger partial charge in [-0.25, -0.2) is 18.2 Å². The molecule has 0 aliphatic carbocycles. The predicted molar refractivity (Wildman–Crippen MR) is 131 cm³/mol. The number of aromatic amines is 1. The summed E-state index contributed by atoms with van der Waals surface area (Å²) in [5.41, 5.74) is 3.30. The fourth-order valence-corrected chi connectivity index (χ4v) is 4.17. The quantitative estimate of drug-likeness (QED) is 0.304. The van der Waals surface area contributed by atoms with E-state index in [1.54, 1.807) is 31.2 Å². The van der Waals surface area contributed by atoms with Crippen molar-refractivity contribution in [3.8, 4) is 11.4 Å². The molecule has 0 unspecified atom stereocenters. The third kappa shape index (κ3) is 5.78. The Balaban J connectivity index is 1.29. The number of esters is 1. The lowest BCUT2D eigenvalue weighted by molar-refractivity contribution is -0.119. The number of nitrogens with one attached hydrogen (secondary N) is 3. The molecule has 0 aliphatic rings. The fraction of sp³-hybridized carbons (Fsp3) is 0.167. The van der Waals surface area contributed by atoms with Crippen molar-refractivity contribution in [2.24, 2.45) is 0 Å². The zero-order valence-electron chi connectivity index (χ0n) is 19.7. The largest absolute Gasteiger partial charge is 0.452 e. The van der Waals surface area contributed by atoms with Gasteiger partial charge >= 0.3 is 5.97 Å². The Bertz CT molecular complexity index is 1490. The monoisotopic (exact) mass is 509 g/mol. The van der Waals surface area contributed by atoms with Crippen molar-refractivity contribution in [3.63, 3.8) is 0 Å². The number of imidazole rings is 1. The summed E-state index contributed by atoms with van der Waals surface area (Å²) in [6.45, 7) is 4.96. The second-order valence-corrected chi connectivity index (χ2v) is 9.63. The second-order valence-electron chi connectivity index (χ2n) is 7.95. The average molecular weight is 510 g/mol. The summed E-state index contributed by atoms with van der Waals surface area (Å²) in [5, 5.41) is 6.14. The molecule has 0 atom stereocenters. The first-order chi connectivity index (χ1) is 17.1. The molecule has 1 amide bonds. The Morgan fingerprint density at radius 2 is 1.72 bits per heavy atom. The zero-order chi connectivity index (χ0) is 25.9. The van der Waals surface area contributed by atoms with E-state index in [1.807, 2.05) is 13.8 Å². The SMILES string of the molecule is Cc1cc(NS(=O)(=O)c2ccc(NC(=O)COC(=O)c3ccc(-c4nc(C)c(C)[nH]4)cc3)cc2)no1. The Hall–Kier alpha value is -4.45. The Kier molecular flexibility index (Phi) is 6.88. The van der Waals surface area contributed by atoms with E-state index < -0.39 is 28.5 Å². The number of carbonyl (C=O) groups is 2. The highest BCUT2D eigenvalue weighted by atomic mass is 32.2. The summed E-state index contributed by atoms with van der Waals surface area (Å²) >= 11 is 0. The predicted octanol–water partition coefficient (Wildman–Crippen LogP) is 3.59. The number of aromatic nitrogens is 3. The number of hydrogen-bond acceptors (Lipinski definition) is 8. The van der Waals surface area contributed by atoms with E-state index in [4.69, 9.17) is 9.26 Å². The van der Waals surface area contributed by atoms with Crippen LogP contribution in [0.5, 0.6) is 0 Å². The van der Waals surface area contributed by atoms with E-state index in [2.05, 4.69) is 25.2 Å². The molecule has 2 aromatic heterocycles. The van der Waals surface area contributed by atoms with Crippen LogP contribution in [0.15, 0.2) is 64.0 Å². The van der Waals surface area contributed by atoms with Crippen LogP contribution in [0, 0.1) is 20.8 Å². The number of nitrogens with zero attached hydrogens (tertiary/aromatic N) is 2. The van der Waals surface area contributed by atoms with Crippen LogP contribution in [-0.4, -0.2) is 42.0 Å². The number of anilines is 2. The van der Waals surface area contributed by atoms with Gasteiger partial charge in [-0.3, -0.25) is 9.52 Å². The number of hydrogen-bond donors (Lipinski definition) is 3. The lowest BCUT2D eigenvalue weighted by Gasteiger charge is -2.09. The van der Waals surface area contributed by atoms with Crippen molar-refractivity contribution >= 4 is 33.4 Å². The summed E-state index contributed by atoms with van der Waals surface area (Å²) in [5.74, 6) is -0.00504. The van der Waals surface area contributed by atoms with Gasteiger partial charge in [0.15, 0.2) is 12.4 Å². The zero-order valence-corrected chi connectivity index (χ0v) is 20.5. The molecule has 0 saturated heterocycles. The molecule has 4 rings (SSSR count). The highest BCUT2D eigenvalue weighted by Gasteiger charge is 2.17. The molecule has 0 saturated carbocycles. The first-order valence-electron chi connectivity index (χ1n) is 10.8. The minimum Gasteiger partial charge on any atom is -0.452 e. The van der Waals surface area contributed by atoms with Crippen LogP contribution in [0.2, 0.25) is 0 Å². The highest BCUT2D eigenvalue weighted by molar-refractivity contribution is 7.92. The Morgan fingerprint density at radius 1 is 1.03 bits per heavy atom. The van der Waals surface area contributed by atoms with Crippen LogP contribution in [-0.2, 0) is 19.6 Å². The van der Waals surface area contributed by atoms with Crippen LogP contribution in [0.3, 0.4) is 0 Å². The molecule has 0 spiro atoms. The van der Waals surface area contributed by atoms with Gasteiger partial charge in [0.25, 0.3) is 15.9 Å². The number of aryl methyl sites for hydroxylation is 3. The minimum absolute atomic E-state index is 0.0316. The van der Waals surface area contributed by atoms with Crippen molar-refractivity contribution in [1.82, 2.24) is 15.1 Å². The molecule has 2 heterocycles. The third-order valence-corrected chi connectivity index (χ3v) is 6.54. The summed E-state index contributed by atoms with van der Waals surface area (Å²) in [6, 6.07) is 13.6. The van der Waals surface area contributed by atoms with E-state index >= 15 is 0 Å². The topological polar surface area (TPSA) is 156 Å². The number of rotatable bonds is 8. The van der Waals surface area contributed by atoms with E-state index in [1.165, 1.54) is 30.3 Å². The molecule has 0 aliphatic heterocycles. The molecule has 36 heavy (non-hydrogen) atoms. The van der Waals surface area contributed by atoms with Crippen LogP contribution >= 0.6 is 0 Å². The van der Waals surface area contributed by atoms with Gasteiger partial charge in [-0.2, -0.15) is 0 Å². The second kappa shape index (κ2) is 10.0. The standard InChI is InChI=1S/C24H23N5O6S/c1-14-12-21(28-35-14)29-36(32,33)20-10-8-19(9-11-20)27-22(30)13-34-24(31)18-6-4-17(5-7-18)23-25-15(2)16(3)26-23/h4-12H,13H2,1-3H3,(H,25,26)(H,27,30)(H,28,29). The number of H-pyrrole nitrogens is 1.